The number of hydrogen-bond acceptors (Lipinski definition) is 5. The van der Waals surface area contributed by atoms with Gasteiger partial charge in [-0.3, -0.25) is 10.1 Å². The van der Waals surface area contributed by atoms with Gasteiger partial charge in [0.1, 0.15) is 11.0 Å². The van der Waals surface area contributed by atoms with Gasteiger partial charge < -0.3 is 10.0 Å². The average Bonchev–Trinajstić information content (AvgIpc) is 2.28. The van der Waals surface area contributed by atoms with E-state index >= 15 is 0 Å². The number of aliphatic hydroxyl groups is 1. The third-order valence-corrected chi connectivity index (χ3v) is 2.64. The summed E-state index contributed by atoms with van der Waals surface area (Å²) in [6.07, 6.45) is 0.570. The Hall–Kier alpha value is -1.40. The molecule has 0 saturated carbocycles. The van der Waals surface area contributed by atoms with Gasteiger partial charge in [-0.25, -0.2) is 4.98 Å². The Labute approximate surface area is 110 Å². The SMILES string of the molecule is CC(C)N(CCCO)c1cc([N+](=O)[O-])cc(Cl)n1. The van der Waals surface area contributed by atoms with Crippen LogP contribution in [0.15, 0.2) is 12.1 Å². The molecule has 0 spiro atoms. The molecule has 0 unspecified atom stereocenters. The highest BCUT2D eigenvalue weighted by molar-refractivity contribution is 6.29. The Kier molecular flexibility index (Phi) is 5.30. The Balaban J connectivity index is 3.07. The summed E-state index contributed by atoms with van der Waals surface area (Å²) in [4.78, 5) is 16.2. The molecular weight excluding hydrogens is 258 g/mol. The first kappa shape index (κ1) is 14.7. The fraction of sp³-hybridized carbons (Fsp3) is 0.545. The Bertz CT molecular complexity index is 426. The van der Waals surface area contributed by atoms with Crippen molar-refractivity contribution in [1.82, 2.24) is 4.98 Å². The molecule has 0 fully saturated rings. The second kappa shape index (κ2) is 6.51. The number of hydrogen-bond donors (Lipinski definition) is 1. The first-order chi connectivity index (χ1) is 8.45. The van der Waals surface area contributed by atoms with E-state index in [1.165, 1.54) is 12.1 Å². The maximum Gasteiger partial charge on any atom is 0.276 e. The van der Waals surface area contributed by atoms with E-state index in [-0.39, 0.29) is 23.5 Å². The topological polar surface area (TPSA) is 79.5 Å². The number of rotatable bonds is 6. The molecule has 0 bridgehead atoms. The lowest BCUT2D eigenvalue weighted by molar-refractivity contribution is -0.384. The third kappa shape index (κ3) is 3.82. The maximum atomic E-state index is 10.8. The van der Waals surface area contributed by atoms with Gasteiger partial charge in [-0.15, -0.1) is 0 Å². The van der Waals surface area contributed by atoms with Gasteiger partial charge in [0.15, 0.2) is 0 Å². The summed E-state index contributed by atoms with van der Waals surface area (Å²) in [5.41, 5.74) is -0.0837. The summed E-state index contributed by atoms with van der Waals surface area (Å²) in [5, 5.41) is 19.7. The summed E-state index contributed by atoms with van der Waals surface area (Å²) in [6.45, 7) is 4.53. The molecular formula is C11H16ClN3O3. The molecule has 0 aromatic carbocycles. The van der Waals surface area contributed by atoms with Crippen molar-refractivity contribution < 1.29 is 10.0 Å². The fourth-order valence-electron chi connectivity index (χ4n) is 1.60. The maximum absolute atomic E-state index is 10.8. The summed E-state index contributed by atoms with van der Waals surface area (Å²) < 4.78 is 0. The number of pyridine rings is 1. The summed E-state index contributed by atoms with van der Waals surface area (Å²) in [7, 11) is 0. The predicted octanol–water partition coefficient (Wildman–Crippen LogP) is 2.24. The molecule has 0 amide bonds. The highest BCUT2D eigenvalue weighted by Gasteiger charge is 2.17. The van der Waals surface area contributed by atoms with Crippen LogP contribution in [0.25, 0.3) is 0 Å². The van der Waals surface area contributed by atoms with E-state index in [1.54, 1.807) is 0 Å². The number of aliphatic hydroxyl groups excluding tert-OH is 1. The highest BCUT2D eigenvalue weighted by atomic mass is 35.5. The van der Waals surface area contributed by atoms with Gasteiger partial charge in [0.05, 0.1) is 17.1 Å². The van der Waals surface area contributed by atoms with E-state index in [1.807, 2.05) is 18.7 Å². The van der Waals surface area contributed by atoms with E-state index in [0.717, 1.165) is 0 Å². The third-order valence-electron chi connectivity index (χ3n) is 2.45. The van der Waals surface area contributed by atoms with Crippen LogP contribution in [0.4, 0.5) is 11.5 Å². The largest absolute Gasteiger partial charge is 0.396 e. The van der Waals surface area contributed by atoms with Gasteiger partial charge in [0, 0.05) is 19.2 Å². The number of nitrogens with zero attached hydrogens (tertiary/aromatic N) is 3. The fourth-order valence-corrected chi connectivity index (χ4v) is 1.80. The van der Waals surface area contributed by atoms with Gasteiger partial charge >= 0.3 is 0 Å². The van der Waals surface area contributed by atoms with Crippen molar-refractivity contribution in [2.75, 3.05) is 18.1 Å². The van der Waals surface area contributed by atoms with Gasteiger partial charge in [-0.05, 0) is 20.3 Å². The molecule has 1 rings (SSSR count). The van der Waals surface area contributed by atoms with Crippen molar-refractivity contribution in [3.8, 4) is 0 Å². The molecule has 0 aliphatic carbocycles. The van der Waals surface area contributed by atoms with Crippen molar-refractivity contribution in [3.05, 3.63) is 27.4 Å². The minimum Gasteiger partial charge on any atom is -0.396 e. The van der Waals surface area contributed by atoms with Crippen LogP contribution in [-0.4, -0.2) is 34.2 Å². The zero-order valence-corrected chi connectivity index (χ0v) is 11.1. The van der Waals surface area contributed by atoms with Crippen LogP contribution < -0.4 is 4.90 Å². The van der Waals surface area contributed by atoms with Crippen LogP contribution in [0.5, 0.6) is 0 Å². The van der Waals surface area contributed by atoms with Crippen LogP contribution in [0.3, 0.4) is 0 Å². The van der Waals surface area contributed by atoms with E-state index in [0.29, 0.717) is 18.8 Å². The lowest BCUT2D eigenvalue weighted by Crippen LogP contribution is -2.33. The predicted molar refractivity (Wildman–Crippen MR) is 70.1 cm³/mol. The quantitative estimate of drug-likeness (QED) is 0.488. The zero-order valence-electron chi connectivity index (χ0n) is 10.3. The van der Waals surface area contributed by atoms with Crippen molar-refractivity contribution in [3.63, 3.8) is 0 Å². The Morgan fingerprint density at radius 2 is 2.22 bits per heavy atom. The smallest absolute Gasteiger partial charge is 0.276 e. The molecule has 100 valence electrons. The van der Waals surface area contributed by atoms with Gasteiger partial charge in [-0.2, -0.15) is 0 Å². The van der Waals surface area contributed by atoms with Crippen LogP contribution >= 0.6 is 11.6 Å². The van der Waals surface area contributed by atoms with Gasteiger partial charge in [-0.1, -0.05) is 11.6 Å². The molecule has 0 aliphatic heterocycles. The lowest BCUT2D eigenvalue weighted by atomic mass is 10.2. The number of anilines is 1. The van der Waals surface area contributed by atoms with Crippen LogP contribution in [0, 0.1) is 10.1 Å². The summed E-state index contributed by atoms with van der Waals surface area (Å²) in [5.74, 6) is 0.456. The first-order valence-electron chi connectivity index (χ1n) is 5.65. The van der Waals surface area contributed by atoms with E-state index < -0.39 is 4.92 Å². The summed E-state index contributed by atoms with van der Waals surface area (Å²) in [6, 6.07) is 2.72. The zero-order chi connectivity index (χ0) is 13.7. The number of aromatic nitrogens is 1. The van der Waals surface area contributed by atoms with E-state index in [4.69, 9.17) is 16.7 Å². The highest BCUT2D eigenvalue weighted by Crippen LogP contribution is 2.24. The summed E-state index contributed by atoms with van der Waals surface area (Å²) >= 11 is 5.79. The van der Waals surface area contributed by atoms with Crippen molar-refractivity contribution >= 4 is 23.1 Å². The molecule has 1 heterocycles. The monoisotopic (exact) mass is 273 g/mol. The van der Waals surface area contributed by atoms with E-state index in [9.17, 15) is 10.1 Å². The van der Waals surface area contributed by atoms with Gasteiger partial charge in [0.2, 0.25) is 0 Å². The van der Waals surface area contributed by atoms with Crippen molar-refractivity contribution in [2.24, 2.45) is 0 Å². The molecule has 1 aromatic heterocycles. The molecule has 0 atom stereocenters. The van der Waals surface area contributed by atoms with Crippen molar-refractivity contribution in [1.29, 1.82) is 0 Å². The molecule has 1 aromatic rings. The average molecular weight is 274 g/mol. The lowest BCUT2D eigenvalue weighted by Gasteiger charge is -2.27. The molecule has 0 saturated heterocycles. The van der Waals surface area contributed by atoms with Crippen LogP contribution in [0.1, 0.15) is 20.3 Å². The van der Waals surface area contributed by atoms with E-state index in [2.05, 4.69) is 4.98 Å². The molecule has 18 heavy (non-hydrogen) atoms. The van der Waals surface area contributed by atoms with Crippen LogP contribution in [0.2, 0.25) is 5.15 Å². The molecule has 1 N–H and O–H groups in total. The molecule has 6 nitrogen and oxygen atoms in total. The number of nitro groups is 1. The minimum atomic E-state index is -0.498. The second-order valence-corrected chi connectivity index (χ2v) is 4.51. The first-order valence-corrected chi connectivity index (χ1v) is 6.03. The molecule has 7 heteroatoms. The number of halogens is 1. The Morgan fingerprint density at radius 3 is 2.72 bits per heavy atom. The standard InChI is InChI=1S/C11H16ClN3O3/c1-8(2)14(4-3-5-16)11-7-9(15(17)18)6-10(12)13-11/h6-8,16H,3-5H2,1-2H3. The molecule has 0 aliphatic rings. The van der Waals surface area contributed by atoms with Crippen molar-refractivity contribution in [2.45, 2.75) is 26.3 Å². The molecule has 0 radical (unpaired) electrons. The minimum absolute atomic E-state index is 0.0614. The van der Waals surface area contributed by atoms with Gasteiger partial charge in [0.25, 0.3) is 5.69 Å². The van der Waals surface area contributed by atoms with Crippen LogP contribution in [-0.2, 0) is 0 Å². The normalized spacial score (nSPS) is 10.7. The Morgan fingerprint density at radius 1 is 1.56 bits per heavy atom. The second-order valence-electron chi connectivity index (χ2n) is 4.13.